The number of hydrogen-bond donors (Lipinski definition) is 1. The van der Waals surface area contributed by atoms with Gasteiger partial charge in [0.25, 0.3) is 5.91 Å². The number of para-hydroxylation sites is 1. The van der Waals surface area contributed by atoms with Crippen LogP contribution in [0.3, 0.4) is 0 Å². The molecule has 1 N–H and O–H groups in total. The zero-order chi connectivity index (χ0) is 19.8. The maximum Gasteiger partial charge on any atom is 0.306 e. The van der Waals surface area contributed by atoms with Crippen molar-refractivity contribution in [3.8, 4) is 0 Å². The molecule has 0 unspecified atom stereocenters. The van der Waals surface area contributed by atoms with E-state index in [0.29, 0.717) is 36.9 Å². The summed E-state index contributed by atoms with van der Waals surface area (Å²) in [6.07, 6.45) is -0.101. The molecule has 0 spiro atoms. The second kappa shape index (κ2) is 9.91. The standard InChI is InChI=1S/C18H22ClN3O5/c1-13(23)21-8-10-22(11-9-21)17(25)6-7-18(26)27-12-16(24)20-15-5-3-2-4-14(15)19/h2-5H,6-12H2,1H3,(H,20,24). The molecule has 1 heterocycles. The van der Waals surface area contributed by atoms with E-state index in [0.717, 1.165) is 0 Å². The van der Waals surface area contributed by atoms with Gasteiger partial charge in [-0.2, -0.15) is 0 Å². The molecule has 146 valence electrons. The van der Waals surface area contributed by atoms with Crippen LogP contribution in [0.5, 0.6) is 0 Å². The third-order valence-electron chi connectivity index (χ3n) is 4.13. The average Bonchev–Trinajstić information content (AvgIpc) is 2.66. The molecule has 0 radical (unpaired) electrons. The van der Waals surface area contributed by atoms with E-state index in [2.05, 4.69) is 5.32 Å². The molecule has 3 amide bonds. The maximum absolute atomic E-state index is 12.1. The zero-order valence-electron chi connectivity index (χ0n) is 15.1. The number of hydrogen-bond acceptors (Lipinski definition) is 5. The minimum atomic E-state index is -0.625. The van der Waals surface area contributed by atoms with Crippen LogP contribution < -0.4 is 5.32 Å². The van der Waals surface area contributed by atoms with Crippen LogP contribution in [0.15, 0.2) is 24.3 Å². The molecule has 2 rings (SSSR count). The van der Waals surface area contributed by atoms with Crippen molar-refractivity contribution in [1.29, 1.82) is 0 Å². The SMILES string of the molecule is CC(=O)N1CCN(C(=O)CCC(=O)OCC(=O)Nc2ccccc2Cl)CC1. The highest BCUT2D eigenvalue weighted by Crippen LogP contribution is 2.20. The van der Waals surface area contributed by atoms with E-state index < -0.39 is 18.5 Å². The first-order chi connectivity index (χ1) is 12.9. The lowest BCUT2D eigenvalue weighted by molar-refractivity contribution is -0.149. The molecule has 1 saturated heterocycles. The number of halogens is 1. The van der Waals surface area contributed by atoms with Gasteiger partial charge in [-0.25, -0.2) is 0 Å². The molecule has 8 nitrogen and oxygen atoms in total. The molecule has 0 aliphatic carbocycles. The van der Waals surface area contributed by atoms with Crippen LogP contribution in [0.2, 0.25) is 5.02 Å². The normalized spacial score (nSPS) is 13.9. The number of piperazine rings is 1. The van der Waals surface area contributed by atoms with E-state index in [1.165, 1.54) is 6.92 Å². The number of rotatable bonds is 6. The molecule has 27 heavy (non-hydrogen) atoms. The third-order valence-corrected chi connectivity index (χ3v) is 4.46. The summed E-state index contributed by atoms with van der Waals surface area (Å²) in [5, 5.41) is 2.92. The number of carbonyl (C=O) groups excluding carboxylic acids is 4. The molecule has 1 aromatic rings. The monoisotopic (exact) mass is 395 g/mol. The van der Waals surface area contributed by atoms with Crippen molar-refractivity contribution < 1.29 is 23.9 Å². The fraction of sp³-hybridized carbons (Fsp3) is 0.444. The minimum absolute atomic E-state index is 0.00500. The largest absolute Gasteiger partial charge is 0.456 e. The van der Waals surface area contributed by atoms with Crippen LogP contribution in [-0.2, 0) is 23.9 Å². The van der Waals surface area contributed by atoms with Gasteiger partial charge in [0, 0.05) is 39.5 Å². The molecule has 1 fully saturated rings. The molecule has 0 aromatic heterocycles. The molecule has 1 aliphatic rings. The summed E-state index contributed by atoms with van der Waals surface area (Å²) < 4.78 is 4.88. The van der Waals surface area contributed by atoms with Gasteiger partial charge < -0.3 is 19.9 Å². The van der Waals surface area contributed by atoms with Gasteiger partial charge in [-0.3, -0.25) is 19.2 Å². The predicted molar refractivity (Wildman–Crippen MR) is 99.1 cm³/mol. The number of benzene rings is 1. The zero-order valence-corrected chi connectivity index (χ0v) is 15.8. The van der Waals surface area contributed by atoms with Crippen molar-refractivity contribution >= 4 is 41.0 Å². The highest BCUT2D eigenvalue weighted by Gasteiger charge is 2.22. The second-order valence-corrected chi connectivity index (χ2v) is 6.48. The molecule has 1 aromatic carbocycles. The van der Waals surface area contributed by atoms with Crippen molar-refractivity contribution in [3.05, 3.63) is 29.3 Å². The Morgan fingerprint density at radius 1 is 1.04 bits per heavy atom. The fourth-order valence-corrected chi connectivity index (χ4v) is 2.79. The van der Waals surface area contributed by atoms with Crippen LogP contribution in [0, 0.1) is 0 Å². The minimum Gasteiger partial charge on any atom is -0.456 e. The average molecular weight is 396 g/mol. The van der Waals surface area contributed by atoms with Gasteiger partial charge in [0.2, 0.25) is 11.8 Å². The van der Waals surface area contributed by atoms with Crippen LogP contribution in [0.1, 0.15) is 19.8 Å². The lowest BCUT2D eigenvalue weighted by Gasteiger charge is -2.34. The molecule has 0 bridgehead atoms. The fourth-order valence-electron chi connectivity index (χ4n) is 2.60. The van der Waals surface area contributed by atoms with Crippen molar-refractivity contribution in [2.75, 3.05) is 38.1 Å². The summed E-state index contributed by atoms with van der Waals surface area (Å²) in [5.41, 5.74) is 0.431. The summed E-state index contributed by atoms with van der Waals surface area (Å²) in [5.74, 6) is -1.32. The highest BCUT2D eigenvalue weighted by atomic mass is 35.5. The van der Waals surface area contributed by atoms with E-state index in [-0.39, 0.29) is 24.7 Å². The number of carbonyl (C=O) groups is 4. The quantitative estimate of drug-likeness (QED) is 0.732. The van der Waals surface area contributed by atoms with Gasteiger partial charge in [-0.1, -0.05) is 23.7 Å². The Balaban J connectivity index is 1.66. The van der Waals surface area contributed by atoms with Gasteiger partial charge in [0.05, 0.1) is 17.1 Å². The summed E-state index contributed by atoms with van der Waals surface area (Å²) in [7, 11) is 0. The first kappa shape index (κ1) is 20.7. The number of ether oxygens (including phenoxy) is 1. The summed E-state index contributed by atoms with van der Waals surface area (Å²) in [6, 6.07) is 6.71. The number of amides is 3. The third kappa shape index (κ3) is 6.56. The first-order valence-electron chi connectivity index (χ1n) is 8.60. The Bertz CT molecular complexity index is 717. The molecular formula is C18H22ClN3O5. The van der Waals surface area contributed by atoms with Gasteiger partial charge >= 0.3 is 5.97 Å². The lowest BCUT2D eigenvalue weighted by atomic mass is 10.2. The molecule has 9 heteroatoms. The molecule has 0 saturated carbocycles. The number of anilines is 1. The van der Waals surface area contributed by atoms with Gasteiger partial charge in [0.15, 0.2) is 6.61 Å². The van der Waals surface area contributed by atoms with E-state index >= 15 is 0 Å². The number of nitrogens with zero attached hydrogens (tertiary/aromatic N) is 2. The second-order valence-electron chi connectivity index (χ2n) is 6.08. The van der Waals surface area contributed by atoms with Crippen molar-refractivity contribution in [3.63, 3.8) is 0 Å². The van der Waals surface area contributed by atoms with E-state index in [1.807, 2.05) is 0 Å². The number of nitrogens with one attached hydrogen (secondary N) is 1. The topological polar surface area (TPSA) is 96.0 Å². The van der Waals surface area contributed by atoms with E-state index in [9.17, 15) is 19.2 Å². The first-order valence-corrected chi connectivity index (χ1v) is 8.98. The van der Waals surface area contributed by atoms with Crippen LogP contribution in [0.4, 0.5) is 5.69 Å². The van der Waals surface area contributed by atoms with Crippen LogP contribution in [-0.4, -0.2) is 66.3 Å². The Kier molecular flexibility index (Phi) is 7.60. The summed E-state index contributed by atoms with van der Waals surface area (Å²) in [6.45, 7) is 2.94. The number of esters is 1. The summed E-state index contributed by atoms with van der Waals surface area (Å²) >= 11 is 5.93. The van der Waals surface area contributed by atoms with Crippen LogP contribution in [0.25, 0.3) is 0 Å². The van der Waals surface area contributed by atoms with Crippen molar-refractivity contribution in [2.45, 2.75) is 19.8 Å². The van der Waals surface area contributed by atoms with Crippen LogP contribution >= 0.6 is 11.6 Å². The van der Waals surface area contributed by atoms with Gasteiger partial charge in [0.1, 0.15) is 0 Å². The maximum atomic E-state index is 12.1. The Morgan fingerprint density at radius 2 is 1.67 bits per heavy atom. The highest BCUT2D eigenvalue weighted by molar-refractivity contribution is 6.33. The Morgan fingerprint density at radius 3 is 2.30 bits per heavy atom. The molecule has 1 aliphatic heterocycles. The smallest absolute Gasteiger partial charge is 0.306 e. The molecule has 0 atom stereocenters. The van der Waals surface area contributed by atoms with Crippen molar-refractivity contribution in [2.24, 2.45) is 0 Å². The van der Waals surface area contributed by atoms with Crippen molar-refractivity contribution in [1.82, 2.24) is 9.80 Å². The van der Waals surface area contributed by atoms with Gasteiger partial charge in [-0.05, 0) is 12.1 Å². The molecular weight excluding hydrogens is 374 g/mol. The van der Waals surface area contributed by atoms with E-state index in [1.54, 1.807) is 34.1 Å². The predicted octanol–water partition coefficient (Wildman–Crippen LogP) is 1.29. The lowest BCUT2D eigenvalue weighted by Crippen LogP contribution is -2.50. The van der Waals surface area contributed by atoms with Gasteiger partial charge in [-0.15, -0.1) is 0 Å². The Labute approximate surface area is 162 Å². The van der Waals surface area contributed by atoms with E-state index in [4.69, 9.17) is 16.3 Å². The summed E-state index contributed by atoms with van der Waals surface area (Å²) in [4.78, 5) is 50.2. The Hall–Kier alpha value is -2.61.